The van der Waals surface area contributed by atoms with Crippen molar-refractivity contribution in [2.45, 2.75) is 32.0 Å². The summed E-state index contributed by atoms with van der Waals surface area (Å²) in [7, 11) is 1.71. The molecule has 9 heteroatoms. The molecule has 1 aliphatic heterocycles. The maximum atomic E-state index is 12.4. The molecule has 1 aromatic heterocycles. The summed E-state index contributed by atoms with van der Waals surface area (Å²) in [6, 6.07) is 5.75. The monoisotopic (exact) mass is 485 g/mol. The minimum Gasteiger partial charge on any atom is -0.356 e. The largest absolute Gasteiger partial charge is 0.401 e. The zero-order valence-electron chi connectivity index (χ0n) is 14.9. The molecule has 1 fully saturated rings. The van der Waals surface area contributed by atoms with Crippen LogP contribution < -0.4 is 10.6 Å². The second-order valence-corrected chi connectivity index (χ2v) is 6.30. The fourth-order valence-corrected chi connectivity index (χ4v) is 2.98. The van der Waals surface area contributed by atoms with Crippen LogP contribution in [-0.2, 0) is 6.54 Å². The molecule has 1 saturated heterocycles. The Labute approximate surface area is 169 Å². The molecule has 0 aromatic carbocycles. The van der Waals surface area contributed by atoms with Crippen molar-refractivity contribution < 1.29 is 13.2 Å². The summed E-state index contributed by atoms with van der Waals surface area (Å²) in [5, 5.41) is 6.45. The third kappa shape index (κ3) is 9.02. The van der Waals surface area contributed by atoms with E-state index in [0.717, 1.165) is 31.5 Å². The first-order chi connectivity index (χ1) is 12.0. The van der Waals surface area contributed by atoms with Gasteiger partial charge in [-0.05, 0) is 50.4 Å². The zero-order valence-corrected chi connectivity index (χ0v) is 17.3. The predicted octanol–water partition coefficient (Wildman–Crippen LogP) is 3.03. The average molecular weight is 485 g/mol. The van der Waals surface area contributed by atoms with E-state index in [2.05, 4.69) is 20.6 Å². The highest BCUT2D eigenvalue weighted by Crippen LogP contribution is 2.23. The smallest absolute Gasteiger partial charge is 0.356 e. The molecule has 0 atom stereocenters. The molecule has 148 valence electrons. The Kier molecular flexibility index (Phi) is 10.2. The zero-order chi connectivity index (χ0) is 18.1. The van der Waals surface area contributed by atoms with Gasteiger partial charge < -0.3 is 10.6 Å². The number of piperidine rings is 1. The van der Waals surface area contributed by atoms with Crippen LogP contribution in [-0.4, -0.2) is 55.2 Å². The van der Waals surface area contributed by atoms with E-state index >= 15 is 0 Å². The number of nitrogens with zero attached hydrogens (tertiary/aromatic N) is 3. The van der Waals surface area contributed by atoms with Crippen LogP contribution in [0.2, 0.25) is 0 Å². The molecule has 0 bridgehead atoms. The Bertz CT molecular complexity index is 531. The van der Waals surface area contributed by atoms with Gasteiger partial charge in [-0.25, -0.2) is 0 Å². The molecule has 2 N–H and O–H groups in total. The van der Waals surface area contributed by atoms with Crippen molar-refractivity contribution >= 4 is 29.9 Å². The first-order valence-electron chi connectivity index (χ1n) is 8.60. The lowest BCUT2D eigenvalue weighted by atomic mass is 9.93. The van der Waals surface area contributed by atoms with Crippen molar-refractivity contribution in [2.24, 2.45) is 10.9 Å². The number of hydrogen-bond donors (Lipinski definition) is 2. The number of halogens is 4. The fourth-order valence-electron chi connectivity index (χ4n) is 2.98. The van der Waals surface area contributed by atoms with Gasteiger partial charge in [0.1, 0.15) is 0 Å². The number of alkyl halides is 3. The highest BCUT2D eigenvalue weighted by atomic mass is 127. The van der Waals surface area contributed by atoms with Crippen LogP contribution in [0.3, 0.4) is 0 Å². The first kappa shape index (κ1) is 22.9. The van der Waals surface area contributed by atoms with Gasteiger partial charge in [0.25, 0.3) is 0 Å². The third-order valence-corrected chi connectivity index (χ3v) is 4.34. The number of guanidine groups is 1. The molecule has 2 heterocycles. The van der Waals surface area contributed by atoms with Crippen LogP contribution >= 0.6 is 24.0 Å². The number of aliphatic imine (C=N–C) groups is 1. The van der Waals surface area contributed by atoms with Crippen LogP contribution in [0.15, 0.2) is 29.4 Å². The van der Waals surface area contributed by atoms with Gasteiger partial charge in [-0.1, -0.05) is 6.07 Å². The number of aromatic nitrogens is 1. The summed E-state index contributed by atoms with van der Waals surface area (Å²) < 4.78 is 37.2. The number of rotatable bonds is 6. The molecule has 0 spiro atoms. The summed E-state index contributed by atoms with van der Waals surface area (Å²) in [5.74, 6) is 1.17. The van der Waals surface area contributed by atoms with Crippen LogP contribution in [0.5, 0.6) is 0 Å². The summed E-state index contributed by atoms with van der Waals surface area (Å²) in [5.41, 5.74) is 0.933. The van der Waals surface area contributed by atoms with Gasteiger partial charge in [-0.3, -0.25) is 14.9 Å². The SMILES string of the molecule is CN=C(NCCC1CCN(CC(F)(F)F)CC1)NCc1ccccn1.I. The normalized spacial score (nSPS) is 16.8. The predicted molar refractivity (Wildman–Crippen MR) is 108 cm³/mol. The Balaban J connectivity index is 0.00000338. The van der Waals surface area contributed by atoms with Gasteiger partial charge in [0, 0.05) is 19.8 Å². The van der Waals surface area contributed by atoms with Crippen molar-refractivity contribution in [3.63, 3.8) is 0 Å². The highest BCUT2D eigenvalue weighted by molar-refractivity contribution is 14.0. The van der Waals surface area contributed by atoms with Crippen LogP contribution in [0, 0.1) is 5.92 Å². The molecule has 0 amide bonds. The molecule has 0 aliphatic carbocycles. The Morgan fingerprint density at radius 3 is 2.58 bits per heavy atom. The van der Waals surface area contributed by atoms with E-state index in [1.807, 2.05) is 18.2 Å². The van der Waals surface area contributed by atoms with Gasteiger partial charge in [-0.2, -0.15) is 13.2 Å². The standard InChI is InChI=1S/C17H26F3N5.HI/c1-21-16(24-12-15-4-2-3-8-22-15)23-9-5-14-6-10-25(11-7-14)13-17(18,19)20;/h2-4,8,14H,5-7,9-13H2,1H3,(H2,21,23,24);1H. The van der Waals surface area contributed by atoms with E-state index < -0.39 is 12.7 Å². The minimum absolute atomic E-state index is 0. The number of hydrogen-bond acceptors (Lipinski definition) is 3. The van der Waals surface area contributed by atoms with Crippen LogP contribution in [0.1, 0.15) is 25.0 Å². The van der Waals surface area contributed by atoms with Crippen molar-refractivity contribution in [1.82, 2.24) is 20.5 Å². The molecule has 1 aliphatic rings. The van der Waals surface area contributed by atoms with Gasteiger partial charge in [-0.15, -0.1) is 24.0 Å². The van der Waals surface area contributed by atoms with Gasteiger partial charge in [0.05, 0.1) is 18.8 Å². The number of likely N-dealkylation sites (tertiary alicyclic amines) is 1. The maximum absolute atomic E-state index is 12.4. The lowest BCUT2D eigenvalue weighted by Crippen LogP contribution is -2.41. The lowest BCUT2D eigenvalue weighted by molar-refractivity contribution is -0.148. The molecular weight excluding hydrogens is 458 g/mol. The van der Waals surface area contributed by atoms with Gasteiger partial charge >= 0.3 is 6.18 Å². The molecule has 1 aromatic rings. The van der Waals surface area contributed by atoms with E-state index in [1.165, 1.54) is 4.90 Å². The van der Waals surface area contributed by atoms with Crippen molar-refractivity contribution in [2.75, 3.05) is 33.2 Å². The Morgan fingerprint density at radius 1 is 1.27 bits per heavy atom. The molecule has 0 unspecified atom stereocenters. The minimum atomic E-state index is -4.10. The Hall–Kier alpha value is -1.10. The second-order valence-electron chi connectivity index (χ2n) is 6.30. The average Bonchev–Trinajstić information content (AvgIpc) is 2.59. The second kappa shape index (κ2) is 11.6. The summed E-state index contributed by atoms with van der Waals surface area (Å²) >= 11 is 0. The first-order valence-corrected chi connectivity index (χ1v) is 8.60. The van der Waals surface area contributed by atoms with Crippen molar-refractivity contribution in [3.05, 3.63) is 30.1 Å². The lowest BCUT2D eigenvalue weighted by Gasteiger charge is -2.32. The van der Waals surface area contributed by atoms with E-state index in [4.69, 9.17) is 0 Å². The Morgan fingerprint density at radius 2 is 2.00 bits per heavy atom. The van der Waals surface area contributed by atoms with E-state index in [9.17, 15) is 13.2 Å². The quantitative estimate of drug-likeness (QED) is 0.370. The fraction of sp³-hybridized carbons (Fsp3) is 0.647. The van der Waals surface area contributed by atoms with Crippen LogP contribution in [0.4, 0.5) is 13.2 Å². The van der Waals surface area contributed by atoms with Crippen molar-refractivity contribution in [3.8, 4) is 0 Å². The van der Waals surface area contributed by atoms with E-state index in [-0.39, 0.29) is 24.0 Å². The van der Waals surface area contributed by atoms with Crippen LogP contribution in [0.25, 0.3) is 0 Å². The highest BCUT2D eigenvalue weighted by Gasteiger charge is 2.32. The topological polar surface area (TPSA) is 52.6 Å². The van der Waals surface area contributed by atoms with Gasteiger partial charge in [0.2, 0.25) is 0 Å². The number of pyridine rings is 1. The molecule has 5 nitrogen and oxygen atoms in total. The van der Waals surface area contributed by atoms with E-state index in [0.29, 0.717) is 31.5 Å². The molecule has 2 rings (SSSR count). The maximum Gasteiger partial charge on any atom is 0.401 e. The van der Waals surface area contributed by atoms with Gasteiger partial charge in [0.15, 0.2) is 5.96 Å². The molecule has 0 saturated carbocycles. The molecule has 26 heavy (non-hydrogen) atoms. The third-order valence-electron chi connectivity index (χ3n) is 4.34. The summed E-state index contributed by atoms with van der Waals surface area (Å²) in [6.45, 7) is 1.61. The number of nitrogens with one attached hydrogen (secondary N) is 2. The summed E-state index contributed by atoms with van der Waals surface area (Å²) in [4.78, 5) is 9.91. The van der Waals surface area contributed by atoms with E-state index in [1.54, 1.807) is 13.2 Å². The molecule has 0 radical (unpaired) electrons. The molecular formula is C17H27F3IN5. The summed E-state index contributed by atoms with van der Waals surface area (Å²) in [6.07, 6.45) is 0.220. The van der Waals surface area contributed by atoms with Crippen molar-refractivity contribution in [1.29, 1.82) is 0 Å².